The van der Waals surface area contributed by atoms with Crippen LogP contribution in [0.1, 0.15) is 30.1 Å². The van der Waals surface area contributed by atoms with Gasteiger partial charge in [-0.05, 0) is 31.8 Å². The van der Waals surface area contributed by atoms with Crippen molar-refractivity contribution >= 4 is 18.3 Å². The summed E-state index contributed by atoms with van der Waals surface area (Å²) in [6.07, 6.45) is 2.04. The zero-order valence-electron chi connectivity index (χ0n) is 15.5. The van der Waals surface area contributed by atoms with Gasteiger partial charge < -0.3 is 24.4 Å². The van der Waals surface area contributed by atoms with E-state index in [1.807, 2.05) is 4.90 Å². The molecule has 1 saturated heterocycles. The molecule has 1 aromatic rings. The van der Waals surface area contributed by atoms with E-state index >= 15 is 0 Å². The molecule has 2 rings (SSSR count). The van der Waals surface area contributed by atoms with Crippen LogP contribution < -0.4 is 19.5 Å². The Morgan fingerprint density at radius 1 is 1.08 bits per heavy atom. The van der Waals surface area contributed by atoms with Gasteiger partial charge >= 0.3 is 0 Å². The van der Waals surface area contributed by atoms with Crippen LogP contribution in [-0.4, -0.2) is 58.3 Å². The maximum Gasteiger partial charge on any atom is 0.257 e. The molecule has 25 heavy (non-hydrogen) atoms. The third-order valence-corrected chi connectivity index (χ3v) is 4.52. The number of piperidine rings is 1. The summed E-state index contributed by atoms with van der Waals surface area (Å²) in [7, 11) is 4.68. The molecular formula is C18H29ClN2O4. The van der Waals surface area contributed by atoms with Crippen LogP contribution in [0.15, 0.2) is 12.1 Å². The molecule has 0 spiro atoms. The number of hydrogen-bond acceptors (Lipinski definition) is 5. The van der Waals surface area contributed by atoms with Gasteiger partial charge in [-0.1, -0.05) is 6.92 Å². The molecule has 1 heterocycles. The smallest absolute Gasteiger partial charge is 0.257 e. The van der Waals surface area contributed by atoms with Crippen molar-refractivity contribution in [2.45, 2.75) is 19.8 Å². The predicted molar refractivity (Wildman–Crippen MR) is 101 cm³/mol. The van der Waals surface area contributed by atoms with Gasteiger partial charge in [-0.25, -0.2) is 0 Å². The minimum atomic E-state index is -0.0188. The molecule has 1 fully saturated rings. The fourth-order valence-electron chi connectivity index (χ4n) is 3.06. The zero-order valence-corrected chi connectivity index (χ0v) is 16.3. The van der Waals surface area contributed by atoms with Gasteiger partial charge in [0.25, 0.3) is 5.91 Å². The minimum Gasteiger partial charge on any atom is -0.496 e. The van der Waals surface area contributed by atoms with Crippen LogP contribution in [0.3, 0.4) is 0 Å². The molecule has 7 heteroatoms. The van der Waals surface area contributed by atoms with Crippen LogP contribution in [0.25, 0.3) is 0 Å². The number of carbonyl (C=O) groups is 1. The topological polar surface area (TPSA) is 60.0 Å². The average Bonchev–Trinajstić information content (AvgIpc) is 2.64. The first kappa shape index (κ1) is 21.4. The summed E-state index contributed by atoms with van der Waals surface area (Å²) in [5, 5.41) is 3.39. The number of rotatable bonds is 7. The van der Waals surface area contributed by atoms with Crippen molar-refractivity contribution in [1.82, 2.24) is 10.2 Å². The van der Waals surface area contributed by atoms with Crippen molar-refractivity contribution in [3.63, 3.8) is 0 Å². The third-order valence-electron chi connectivity index (χ3n) is 4.52. The van der Waals surface area contributed by atoms with E-state index < -0.39 is 0 Å². The van der Waals surface area contributed by atoms with Crippen molar-refractivity contribution < 1.29 is 19.0 Å². The fourth-order valence-corrected chi connectivity index (χ4v) is 3.06. The highest BCUT2D eigenvalue weighted by Gasteiger charge is 2.26. The van der Waals surface area contributed by atoms with Crippen LogP contribution >= 0.6 is 12.4 Å². The second-order valence-electron chi connectivity index (χ2n) is 5.95. The Bertz CT molecular complexity index is 560. The Kier molecular flexibility index (Phi) is 8.86. The Morgan fingerprint density at radius 2 is 1.64 bits per heavy atom. The predicted octanol–water partition coefficient (Wildman–Crippen LogP) is 2.60. The maximum atomic E-state index is 12.9. The fraction of sp³-hybridized carbons (Fsp3) is 0.611. The van der Waals surface area contributed by atoms with Gasteiger partial charge in [-0.15, -0.1) is 12.4 Å². The molecule has 0 bridgehead atoms. The van der Waals surface area contributed by atoms with E-state index in [1.165, 1.54) is 0 Å². The van der Waals surface area contributed by atoms with Gasteiger partial charge in [0.15, 0.2) is 11.5 Å². The Balaban J connectivity index is 0.00000312. The Hall–Kier alpha value is -1.66. The molecule has 0 saturated carbocycles. The molecule has 0 aromatic heterocycles. The van der Waals surface area contributed by atoms with E-state index in [9.17, 15) is 4.79 Å². The van der Waals surface area contributed by atoms with E-state index in [4.69, 9.17) is 14.2 Å². The molecule has 0 unspecified atom stereocenters. The SMILES string of the molecule is CCNCC1CCN(C(=O)c2cc(OC)c(OC)cc2OC)CC1.Cl. The second-order valence-corrected chi connectivity index (χ2v) is 5.95. The van der Waals surface area contributed by atoms with Crippen LogP contribution in [0.5, 0.6) is 17.2 Å². The summed E-state index contributed by atoms with van der Waals surface area (Å²) in [6.45, 7) is 5.67. The largest absolute Gasteiger partial charge is 0.496 e. The number of carbonyl (C=O) groups excluding carboxylic acids is 1. The summed E-state index contributed by atoms with van der Waals surface area (Å²) in [5.41, 5.74) is 0.514. The lowest BCUT2D eigenvalue weighted by Gasteiger charge is -2.32. The number of benzene rings is 1. The number of hydrogen-bond donors (Lipinski definition) is 1. The molecule has 142 valence electrons. The molecule has 0 aliphatic carbocycles. The highest BCUT2D eigenvalue weighted by Crippen LogP contribution is 2.35. The van der Waals surface area contributed by atoms with Crippen LogP contribution in [0.2, 0.25) is 0 Å². The first-order chi connectivity index (χ1) is 11.6. The van der Waals surface area contributed by atoms with Crippen molar-refractivity contribution in [2.24, 2.45) is 5.92 Å². The highest BCUT2D eigenvalue weighted by atomic mass is 35.5. The van der Waals surface area contributed by atoms with E-state index in [2.05, 4.69) is 12.2 Å². The van der Waals surface area contributed by atoms with E-state index in [0.717, 1.165) is 39.0 Å². The summed E-state index contributed by atoms with van der Waals surface area (Å²) >= 11 is 0. The number of amides is 1. The van der Waals surface area contributed by atoms with Crippen LogP contribution in [-0.2, 0) is 0 Å². The lowest BCUT2D eigenvalue weighted by atomic mass is 9.96. The standard InChI is InChI=1S/C18H28N2O4.ClH/c1-5-19-12-13-6-8-20(9-7-13)18(21)14-10-16(23-3)17(24-4)11-15(14)22-2;/h10-11,13,19H,5-9,12H2,1-4H3;1H. The van der Waals surface area contributed by atoms with Crippen molar-refractivity contribution in [2.75, 3.05) is 47.5 Å². The van der Waals surface area contributed by atoms with Gasteiger partial charge in [0, 0.05) is 25.2 Å². The van der Waals surface area contributed by atoms with Gasteiger partial charge in [-0.3, -0.25) is 4.79 Å². The average molecular weight is 373 g/mol. The van der Waals surface area contributed by atoms with Gasteiger partial charge in [0.1, 0.15) is 5.75 Å². The highest BCUT2D eigenvalue weighted by molar-refractivity contribution is 5.98. The minimum absolute atomic E-state index is 0. The molecule has 6 nitrogen and oxygen atoms in total. The monoisotopic (exact) mass is 372 g/mol. The number of nitrogens with zero attached hydrogens (tertiary/aromatic N) is 1. The quantitative estimate of drug-likeness (QED) is 0.797. The third kappa shape index (κ3) is 5.16. The zero-order chi connectivity index (χ0) is 17.5. The molecule has 1 N–H and O–H groups in total. The second kappa shape index (κ2) is 10.4. The first-order valence-electron chi connectivity index (χ1n) is 8.44. The number of likely N-dealkylation sites (tertiary alicyclic amines) is 1. The molecule has 1 aromatic carbocycles. The van der Waals surface area contributed by atoms with Crippen molar-refractivity contribution in [3.8, 4) is 17.2 Å². The summed E-state index contributed by atoms with van der Waals surface area (Å²) in [6, 6.07) is 3.40. The van der Waals surface area contributed by atoms with Gasteiger partial charge in [-0.2, -0.15) is 0 Å². The van der Waals surface area contributed by atoms with Gasteiger partial charge in [0.2, 0.25) is 0 Å². The molecule has 1 aliphatic heterocycles. The molecular weight excluding hydrogens is 344 g/mol. The Morgan fingerprint density at radius 3 is 2.16 bits per heavy atom. The molecule has 1 amide bonds. The van der Waals surface area contributed by atoms with Crippen molar-refractivity contribution in [3.05, 3.63) is 17.7 Å². The van der Waals surface area contributed by atoms with E-state index in [-0.39, 0.29) is 18.3 Å². The number of halogens is 1. The number of methoxy groups -OCH3 is 3. The molecule has 1 aliphatic rings. The van der Waals surface area contributed by atoms with Crippen LogP contribution in [0.4, 0.5) is 0 Å². The normalized spacial score (nSPS) is 14.6. The van der Waals surface area contributed by atoms with Crippen LogP contribution in [0, 0.1) is 5.92 Å². The number of nitrogens with one attached hydrogen (secondary N) is 1. The van der Waals surface area contributed by atoms with Crippen molar-refractivity contribution in [1.29, 1.82) is 0 Å². The lowest BCUT2D eigenvalue weighted by Crippen LogP contribution is -2.40. The molecule has 0 radical (unpaired) electrons. The lowest BCUT2D eigenvalue weighted by molar-refractivity contribution is 0.0686. The first-order valence-corrected chi connectivity index (χ1v) is 8.44. The van der Waals surface area contributed by atoms with E-state index in [1.54, 1.807) is 33.5 Å². The molecule has 0 atom stereocenters. The van der Waals surface area contributed by atoms with E-state index in [0.29, 0.717) is 28.7 Å². The number of ether oxygens (including phenoxy) is 3. The summed E-state index contributed by atoms with van der Waals surface area (Å²) in [5.74, 6) is 2.21. The Labute approximate surface area is 156 Å². The summed E-state index contributed by atoms with van der Waals surface area (Å²) in [4.78, 5) is 14.8. The summed E-state index contributed by atoms with van der Waals surface area (Å²) < 4.78 is 16.0. The maximum absolute atomic E-state index is 12.9. The van der Waals surface area contributed by atoms with Gasteiger partial charge in [0.05, 0.1) is 26.9 Å².